The molecule has 1 aromatic rings. The number of ether oxygens (including phenoxy) is 1. The molecule has 0 bridgehead atoms. The van der Waals surface area contributed by atoms with Crippen LogP contribution in [-0.2, 0) is 14.3 Å². The van der Waals surface area contributed by atoms with E-state index in [0.717, 1.165) is 4.90 Å². The normalized spacial score (nSPS) is 16.5. The molecule has 0 radical (unpaired) electrons. The Balaban J connectivity index is 2.03. The van der Waals surface area contributed by atoms with Gasteiger partial charge in [-0.15, -0.1) is 0 Å². The highest BCUT2D eigenvalue weighted by Crippen LogP contribution is 2.31. The number of esters is 1. The largest absolute Gasteiger partial charge is 0.466 e. The van der Waals surface area contributed by atoms with E-state index in [1.807, 2.05) is 0 Å². The molecule has 136 valence electrons. The minimum atomic E-state index is -0.687. The number of benzene rings is 1. The zero-order valence-corrected chi connectivity index (χ0v) is 14.2. The highest BCUT2D eigenvalue weighted by Gasteiger charge is 2.38. The molecular weight excluding hydrogens is 342 g/mol. The van der Waals surface area contributed by atoms with Crippen LogP contribution in [0.4, 0.5) is 5.69 Å². The number of rotatable bonds is 5. The van der Waals surface area contributed by atoms with Gasteiger partial charge in [0.2, 0.25) is 0 Å². The van der Waals surface area contributed by atoms with Gasteiger partial charge in [-0.3, -0.25) is 19.3 Å². The average Bonchev–Trinajstić information content (AvgIpc) is 3.06. The van der Waals surface area contributed by atoms with Crippen LogP contribution < -0.4 is 5.32 Å². The van der Waals surface area contributed by atoms with E-state index in [0.29, 0.717) is 0 Å². The van der Waals surface area contributed by atoms with E-state index in [1.54, 1.807) is 12.1 Å². The van der Waals surface area contributed by atoms with Crippen molar-refractivity contribution in [3.05, 3.63) is 40.6 Å². The van der Waals surface area contributed by atoms with Crippen LogP contribution in [0.3, 0.4) is 0 Å². The molecule has 3 rings (SSSR count). The van der Waals surface area contributed by atoms with Crippen molar-refractivity contribution in [1.82, 2.24) is 9.80 Å². The van der Waals surface area contributed by atoms with Crippen LogP contribution in [0, 0.1) is 0 Å². The first-order valence-corrected chi connectivity index (χ1v) is 7.84. The van der Waals surface area contributed by atoms with Crippen molar-refractivity contribution in [3.63, 3.8) is 0 Å². The Kier molecular flexibility index (Phi) is 4.47. The fourth-order valence-corrected chi connectivity index (χ4v) is 2.99. The molecular formula is C17H17N3O6. The van der Waals surface area contributed by atoms with Gasteiger partial charge in [0.05, 0.1) is 42.6 Å². The van der Waals surface area contributed by atoms with E-state index in [9.17, 15) is 19.2 Å². The van der Waals surface area contributed by atoms with Gasteiger partial charge in [0.25, 0.3) is 17.7 Å². The monoisotopic (exact) mass is 359 g/mol. The van der Waals surface area contributed by atoms with Crippen LogP contribution in [-0.4, -0.2) is 72.5 Å². The smallest absolute Gasteiger partial charge is 0.337 e. The average molecular weight is 359 g/mol. The maximum absolute atomic E-state index is 12.6. The summed E-state index contributed by atoms with van der Waals surface area (Å²) in [7, 11) is 2.57. The second-order valence-electron chi connectivity index (χ2n) is 5.82. The molecule has 9 heteroatoms. The van der Waals surface area contributed by atoms with Gasteiger partial charge < -0.3 is 20.1 Å². The number of carbonyl (C=O) groups excluding carboxylic acids is 4. The quantitative estimate of drug-likeness (QED) is 0.542. The molecule has 0 aromatic heterocycles. The maximum atomic E-state index is 12.6. The molecule has 1 aromatic carbocycles. The van der Waals surface area contributed by atoms with Crippen molar-refractivity contribution >= 4 is 29.4 Å². The summed E-state index contributed by atoms with van der Waals surface area (Å²) in [5, 5.41) is 11.9. The summed E-state index contributed by atoms with van der Waals surface area (Å²) in [6.07, 6.45) is 0. The Morgan fingerprint density at radius 2 is 1.96 bits per heavy atom. The van der Waals surface area contributed by atoms with Gasteiger partial charge in [-0.25, -0.2) is 4.79 Å². The van der Waals surface area contributed by atoms with Crippen LogP contribution >= 0.6 is 0 Å². The topological polar surface area (TPSA) is 116 Å². The molecule has 0 saturated carbocycles. The van der Waals surface area contributed by atoms with E-state index in [4.69, 9.17) is 9.84 Å². The fraction of sp³-hybridized carbons (Fsp3) is 0.294. The molecule has 2 aliphatic rings. The molecule has 26 heavy (non-hydrogen) atoms. The maximum Gasteiger partial charge on any atom is 0.337 e. The first-order valence-electron chi connectivity index (χ1n) is 7.84. The van der Waals surface area contributed by atoms with Gasteiger partial charge in [0, 0.05) is 13.6 Å². The predicted molar refractivity (Wildman–Crippen MR) is 89.2 cm³/mol. The summed E-state index contributed by atoms with van der Waals surface area (Å²) in [6, 6.07) is 4.65. The standard InChI is InChI=1S/C17H17N3O6/c1-19-14(22)9-4-3-5-11(12(9)15(19)23)18-13-10(17(25)26-2)8-20(6-7-21)16(13)24/h3-5,18,21H,6-8H2,1-2H3. The number of imide groups is 1. The van der Waals surface area contributed by atoms with Gasteiger partial charge in [0.15, 0.2) is 0 Å². The van der Waals surface area contributed by atoms with Crippen LogP contribution in [0.15, 0.2) is 29.5 Å². The second-order valence-corrected chi connectivity index (χ2v) is 5.82. The third kappa shape index (κ3) is 2.62. The van der Waals surface area contributed by atoms with Gasteiger partial charge in [-0.05, 0) is 12.1 Å². The van der Waals surface area contributed by atoms with Crippen LogP contribution in [0.2, 0.25) is 0 Å². The minimum Gasteiger partial charge on any atom is -0.466 e. The Bertz CT molecular complexity index is 860. The molecule has 0 fully saturated rings. The van der Waals surface area contributed by atoms with Crippen LogP contribution in [0.25, 0.3) is 0 Å². The number of β-amino-alcohol motifs (C(OH)–C–C–N with tert-alkyl or cyclic N) is 1. The lowest BCUT2D eigenvalue weighted by Crippen LogP contribution is -2.31. The number of aliphatic hydroxyl groups is 1. The highest BCUT2D eigenvalue weighted by atomic mass is 16.5. The van der Waals surface area contributed by atoms with Crippen molar-refractivity contribution in [1.29, 1.82) is 0 Å². The number of hydrogen-bond donors (Lipinski definition) is 2. The molecule has 0 atom stereocenters. The molecule has 2 heterocycles. The number of amides is 3. The van der Waals surface area contributed by atoms with E-state index >= 15 is 0 Å². The first kappa shape index (κ1) is 17.6. The first-order chi connectivity index (χ1) is 12.4. The number of aliphatic hydroxyl groups excluding tert-OH is 1. The van der Waals surface area contributed by atoms with Crippen molar-refractivity contribution in [2.24, 2.45) is 0 Å². The molecule has 3 amide bonds. The third-order valence-electron chi connectivity index (χ3n) is 4.33. The lowest BCUT2D eigenvalue weighted by molar-refractivity contribution is -0.136. The number of nitrogens with one attached hydrogen (secondary N) is 1. The number of methoxy groups -OCH3 is 1. The van der Waals surface area contributed by atoms with Gasteiger partial charge >= 0.3 is 5.97 Å². The summed E-state index contributed by atoms with van der Waals surface area (Å²) in [5.74, 6) is -2.11. The number of fused-ring (bicyclic) bond motifs is 1. The third-order valence-corrected chi connectivity index (χ3v) is 4.33. The minimum absolute atomic E-state index is 0.0177. The SMILES string of the molecule is COC(=O)C1=C(Nc2cccc3c2C(=O)N(C)C3=O)C(=O)N(CCO)C1. The molecule has 0 saturated heterocycles. The fourth-order valence-electron chi connectivity index (χ4n) is 2.99. The molecule has 0 spiro atoms. The summed E-state index contributed by atoms with van der Waals surface area (Å²) in [4.78, 5) is 51.3. The van der Waals surface area contributed by atoms with E-state index in [1.165, 1.54) is 25.1 Å². The Morgan fingerprint density at radius 1 is 1.23 bits per heavy atom. The van der Waals surface area contributed by atoms with E-state index in [2.05, 4.69) is 5.32 Å². The van der Waals surface area contributed by atoms with Crippen LogP contribution in [0.5, 0.6) is 0 Å². The number of anilines is 1. The lowest BCUT2D eigenvalue weighted by Gasteiger charge is -2.15. The number of carbonyl (C=O) groups is 4. The van der Waals surface area contributed by atoms with Gasteiger partial charge in [0.1, 0.15) is 5.70 Å². The van der Waals surface area contributed by atoms with Crippen molar-refractivity contribution in [2.75, 3.05) is 39.2 Å². The second kappa shape index (κ2) is 6.60. The van der Waals surface area contributed by atoms with Crippen molar-refractivity contribution in [3.8, 4) is 0 Å². The van der Waals surface area contributed by atoms with Crippen molar-refractivity contribution < 1.29 is 29.0 Å². The summed E-state index contributed by atoms with van der Waals surface area (Å²) >= 11 is 0. The summed E-state index contributed by atoms with van der Waals surface area (Å²) in [6.45, 7) is -0.222. The van der Waals surface area contributed by atoms with E-state index < -0.39 is 23.7 Å². The Labute approximate surface area is 148 Å². The zero-order valence-electron chi connectivity index (χ0n) is 14.2. The summed E-state index contributed by atoms with van der Waals surface area (Å²) in [5.41, 5.74) is 0.675. The zero-order chi connectivity index (χ0) is 19.0. The van der Waals surface area contributed by atoms with Crippen LogP contribution in [0.1, 0.15) is 20.7 Å². The molecule has 9 nitrogen and oxygen atoms in total. The Hall–Kier alpha value is -3.20. The highest BCUT2D eigenvalue weighted by molar-refractivity contribution is 6.24. The molecule has 0 aliphatic carbocycles. The number of hydrogen-bond acceptors (Lipinski definition) is 7. The summed E-state index contributed by atoms with van der Waals surface area (Å²) < 4.78 is 4.72. The molecule has 2 aliphatic heterocycles. The molecule has 0 unspecified atom stereocenters. The Morgan fingerprint density at radius 3 is 2.62 bits per heavy atom. The lowest BCUT2D eigenvalue weighted by atomic mass is 10.1. The predicted octanol–water partition coefficient (Wildman–Crippen LogP) is -0.414. The van der Waals surface area contributed by atoms with Gasteiger partial charge in [-0.1, -0.05) is 6.07 Å². The van der Waals surface area contributed by atoms with Gasteiger partial charge in [-0.2, -0.15) is 0 Å². The number of nitrogens with zero attached hydrogens (tertiary/aromatic N) is 2. The van der Waals surface area contributed by atoms with Crippen molar-refractivity contribution in [2.45, 2.75) is 0 Å². The van der Waals surface area contributed by atoms with E-state index in [-0.39, 0.29) is 47.8 Å². The molecule has 2 N–H and O–H groups in total.